The summed E-state index contributed by atoms with van der Waals surface area (Å²) in [4.78, 5) is 36.4. The Balaban J connectivity index is 1.23. The normalized spacial score (nSPS) is 21.4. The topological polar surface area (TPSA) is 68.8 Å². The second-order valence-corrected chi connectivity index (χ2v) is 8.92. The minimum atomic E-state index is -0.280. The van der Waals surface area contributed by atoms with Crippen LogP contribution in [0.25, 0.3) is 0 Å². The summed E-state index contributed by atoms with van der Waals surface area (Å²) in [6.45, 7) is 9.12. The monoisotopic (exact) mass is 435 g/mol. The molecule has 2 fully saturated rings. The Morgan fingerprint density at radius 1 is 1.06 bits per heavy atom. The van der Waals surface area contributed by atoms with Gasteiger partial charge < -0.3 is 15.1 Å². The Hall–Kier alpha value is -2.93. The van der Waals surface area contributed by atoms with E-state index in [9.17, 15) is 9.59 Å². The highest BCUT2D eigenvalue weighted by Gasteiger charge is 2.37. The maximum absolute atomic E-state index is 12.9. The van der Waals surface area contributed by atoms with E-state index in [-0.39, 0.29) is 29.8 Å². The lowest BCUT2D eigenvalue weighted by Gasteiger charge is -2.36. The molecule has 7 heteroatoms. The van der Waals surface area contributed by atoms with Crippen LogP contribution in [-0.2, 0) is 9.59 Å². The molecule has 2 aromatic rings. The third-order valence-corrected chi connectivity index (χ3v) is 6.55. The Bertz CT molecular complexity index is 899. The highest BCUT2D eigenvalue weighted by Crippen LogP contribution is 2.28. The van der Waals surface area contributed by atoms with E-state index in [1.807, 2.05) is 73.5 Å². The minimum Gasteiger partial charge on any atom is -0.354 e. The Kier molecular flexibility index (Phi) is 7.05. The van der Waals surface area contributed by atoms with E-state index in [0.29, 0.717) is 13.0 Å². The van der Waals surface area contributed by atoms with Crippen LogP contribution in [0.5, 0.6) is 0 Å². The molecule has 3 heterocycles. The number of hydrogen-bond donors (Lipinski definition) is 1. The molecule has 32 heavy (non-hydrogen) atoms. The Morgan fingerprint density at radius 3 is 2.47 bits per heavy atom. The van der Waals surface area contributed by atoms with Crippen LogP contribution in [0.3, 0.4) is 0 Å². The number of aromatic nitrogens is 1. The zero-order chi connectivity index (χ0) is 22.5. The summed E-state index contributed by atoms with van der Waals surface area (Å²) in [5.41, 5.74) is 1.10. The number of likely N-dealkylation sites (tertiary alicyclic amines) is 1. The van der Waals surface area contributed by atoms with Gasteiger partial charge >= 0.3 is 0 Å². The number of nitrogens with zero attached hydrogens (tertiary/aromatic N) is 4. The first kappa shape index (κ1) is 22.3. The van der Waals surface area contributed by atoms with Gasteiger partial charge in [-0.15, -0.1) is 0 Å². The van der Waals surface area contributed by atoms with Gasteiger partial charge in [-0.2, -0.15) is 0 Å². The lowest BCUT2D eigenvalue weighted by atomic mass is 10.1. The molecule has 0 spiro atoms. The maximum Gasteiger partial charge on any atom is 0.225 e. The molecule has 4 rings (SSSR count). The van der Waals surface area contributed by atoms with Crippen molar-refractivity contribution >= 4 is 17.6 Å². The van der Waals surface area contributed by atoms with Crippen LogP contribution in [0, 0.1) is 5.92 Å². The number of hydrogen-bond acceptors (Lipinski definition) is 5. The van der Waals surface area contributed by atoms with E-state index in [4.69, 9.17) is 0 Å². The molecule has 170 valence electrons. The van der Waals surface area contributed by atoms with E-state index >= 15 is 0 Å². The quantitative estimate of drug-likeness (QED) is 0.723. The molecular formula is C25H33N5O2. The van der Waals surface area contributed by atoms with E-state index in [2.05, 4.69) is 20.1 Å². The molecule has 0 radical (unpaired) electrons. The number of amides is 2. The van der Waals surface area contributed by atoms with Crippen molar-refractivity contribution in [3.63, 3.8) is 0 Å². The van der Waals surface area contributed by atoms with Crippen LogP contribution < -0.4 is 10.2 Å². The molecule has 0 aliphatic carbocycles. The van der Waals surface area contributed by atoms with Crippen LogP contribution in [0.2, 0.25) is 0 Å². The first-order valence-corrected chi connectivity index (χ1v) is 11.5. The third kappa shape index (κ3) is 5.27. The number of rotatable bonds is 7. The molecule has 1 aromatic carbocycles. The minimum absolute atomic E-state index is 0.0132. The molecule has 2 saturated heterocycles. The molecule has 2 aliphatic heterocycles. The van der Waals surface area contributed by atoms with Gasteiger partial charge in [-0.3, -0.25) is 14.5 Å². The Morgan fingerprint density at radius 2 is 1.78 bits per heavy atom. The van der Waals surface area contributed by atoms with Crippen LogP contribution in [0.4, 0.5) is 5.82 Å². The molecule has 1 aromatic heterocycles. The average molecular weight is 436 g/mol. The average Bonchev–Trinajstić information content (AvgIpc) is 3.22. The number of carbonyl (C=O) groups is 2. The van der Waals surface area contributed by atoms with Crippen molar-refractivity contribution in [2.45, 2.75) is 32.4 Å². The predicted octanol–water partition coefficient (Wildman–Crippen LogP) is 2.32. The summed E-state index contributed by atoms with van der Waals surface area (Å²) in [5.74, 6) is 0.784. The lowest BCUT2D eigenvalue weighted by molar-refractivity contribution is -0.130. The standard InChI is InChI=1S/C25H33N5O2/c1-19(17-28-12-14-29(15-13-28)23-10-6-7-11-26-23)27-25(32)22-16-24(31)30(18-22)20(2)21-8-4-3-5-9-21/h3-11,19-20,22H,12-18H2,1-2H3,(H,27,32). The number of anilines is 1. The summed E-state index contributed by atoms with van der Waals surface area (Å²) < 4.78 is 0. The van der Waals surface area contributed by atoms with E-state index in [0.717, 1.165) is 44.1 Å². The highest BCUT2D eigenvalue weighted by atomic mass is 16.2. The van der Waals surface area contributed by atoms with Crippen molar-refractivity contribution in [2.75, 3.05) is 44.2 Å². The summed E-state index contributed by atoms with van der Waals surface area (Å²) in [6, 6.07) is 16.0. The van der Waals surface area contributed by atoms with Crippen molar-refractivity contribution < 1.29 is 9.59 Å². The number of carbonyl (C=O) groups excluding carboxylic acids is 2. The van der Waals surface area contributed by atoms with Gasteiger partial charge in [-0.1, -0.05) is 36.4 Å². The van der Waals surface area contributed by atoms with Crippen molar-refractivity contribution in [2.24, 2.45) is 5.92 Å². The first-order valence-electron chi connectivity index (χ1n) is 11.5. The number of nitrogens with one attached hydrogen (secondary N) is 1. The van der Waals surface area contributed by atoms with Gasteiger partial charge in [-0.25, -0.2) is 4.98 Å². The van der Waals surface area contributed by atoms with E-state index in [1.165, 1.54) is 0 Å². The number of benzene rings is 1. The number of piperazine rings is 1. The van der Waals surface area contributed by atoms with E-state index in [1.54, 1.807) is 0 Å². The van der Waals surface area contributed by atoms with Gasteiger partial charge in [0.05, 0.1) is 12.0 Å². The van der Waals surface area contributed by atoms with Gasteiger partial charge in [0.15, 0.2) is 0 Å². The molecule has 2 amide bonds. The van der Waals surface area contributed by atoms with Gasteiger partial charge in [-0.05, 0) is 31.5 Å². The molecule has 0 saturated carbocycles. The molecule has 1 N–H and O–H groups in total. The van der Waals surface area contributed by atoms with Gasteiger partial charge in [0.2, 0.25) is 11.8 Å². The van der Waals surface area contributed by atoms with Crippen LogP contribution in [-0.4, -0.2) is 71.9 Å². The van der Waals surface area contributed by atoms with E-state index < -0.39 is 0 Å². The fourth-order valence-corrected chi connectivity index (χ4v) is 4.69. The van der Waals surface area contributed by atoms with Crippen LogP contribution in [0.15, 0.2) is 54.7 Å². The molecular weight excluding hydrogens is 402 g/mol. The Labute approximate surface area is 190 Å². The highest BCUT2D eigenvalue weighted by molar-refractivity contribution is 5.89. The predicted molar refractivity (Wildman–Crippen MR) is 125 cm³/mol. The summed E-state index contributed by atoms with van der Waals surface area (Å²) >= 11 is 0. The van der Waals surface area contributed by atoms with Gasteiger partial charge in [0.1, 0.15) is 5.82 Å². The lowest BCUT2D eigenvalue weighted by Crippen LogP contribution is -2.51. The van der Waals surface area contributed by atoms with Crippen molar-refractivity contribution in [3.8, 4) is 0 Å². The maximum atomic E-state index is 12.9. The summed E-state index contributed by atoms with van der Waals surface area (Å²) in [7, 11) is 0. The fourth-order valence-electron chi connectivity index (χ4n) is 4.69. The van der Waals surface area contributed by atoms with Gasteiger partial charge in [0, 0.05) is 57.9 Å². The smallest absolute Gasteiger partial charge is 0.225 e. The summed E-state index contributed by atoms with van der Waals surface area (Å²) in [5, 5.41) is 3.15. The van der Waals surface area contributed by atoms with Crippen molar-refractivity contribution in [1.82, 2.24) is 20.1 Å². The van der Waals surface area contributed by atoms with Crippen molar-refractivity contribution in [1.29, 1.82) is 0 Å². The largest absolute Gasteiger partial charge is 0.354 e. The van der Waals surface area contributed by atoms with Crippen LogP contribution >= 0.6 is 0 Å². The molecule has 2 aliphatic rings. The third-order valence-electron chi connectivity index (χ3n) is 6.55. The summed E-state index contributed by atoms with van der Waals surface area (Å²) in [6.07, 6.45) is 2.12. The fraction of sp³-hybridized carbons (Fsp3) is 0.480. The van der Waals surface area contributed by atoms with Crippen molar-refractivity contribution in [3.05, 3.63) is 60.3 Å². The molecule has 0 bridgehead atoms. The second kappa shape index (κ2) is 10.1. The number of pyridine rings is 1. The second-order valence-electron chi connectivity index (χ2n) is 8.92. The zero-order valence-corrected chi connectivity index (χ0v) is 19.0. The SMILES string of the molecule is CC(CN1CCN(c2ccccn2)CC1)NC(=O)C1CC(=O)N(C(C)c2ccccc2)C1. The first-order chi connectivity index (χ1) is 15.5. The zero-order valence-electron chi connectivity index (χ0n) is 19.0. The molecule has 3 atom stereocenters. The van der Waals surface area contributed by atoms with Crippen LogP contribution in [0.1, 0.15) is 31.9 Å². The molecule has 3 unspecified atom stereocenters. The molecule has 7 nitrogen and oxygen atoms in total. The van der Waals surface area contributed by atoms with Gasteiger partial charge in [0.25, 0.3) is 0 Å².